The molecule has 0 amide bonds. The molecule has 66 valence electrons. The first-order valence-electron chi connectivity index (χ1n) is 3.35. The molecule has 0 aliphatic carbocycles. The fourth-order valence-corrected chi connectivity index (χ4v) is 0.770. The van der Waals surface area contributed by atoms with E-state index in [1.807, 2.05) is 0 Å². The van der Waals surface area contributed by atoms with Gasteiger partial charge in [-0.2, -0.15) is 5.10 Å². The van der Waals surface area contributed by atoms with Crippen LogP contribution in [0.25, 0.3) is 6.20 Å². The first-order chi connectivity index (χ1) is 5.65. The summed E-state index contributed by atoms with van der Waals surface area (Å²) in [6.07, 6.45) is 1.57. The van der Waals surface area contributed by atoms with E-state index < -0.39 is 12.5 Å². The van der Waals surface area contributed by atoms with Crippen LogP contribution in [0.5, 0.6) is 0 Å². The molecule has 1 heterocycles. The maximum Gasteiger partial charge on any atom is 0.257 e. The van der Waals surface area contributed by atoms with Gasteiger partial charge in [0.2, 0.25) is 0 Å². The molecule has 1 aromatic heterocycles. The number of nitrogens with zero attached hydrogens (tertiary/aromatic N) is 2. The Balaban J connectivity index is 2.81. The van der Waals surface area contributed by atoms with Gasteiger partial charge in [-0.05, 0) is 0 Å². The van der Waals surface area contributed by atoms with E-state index in [9.17, 15) is 8.78 Å². The lowest BCUT2D eigenvalue weighted by Gasteiger charge is -2.05. The Hall–Kier alpha value is -1.23. The van der Waals surface area contributed by atoms with E-state index >= 15 is 0 Å². The normalized spacial score (nSPS) is 13.3. The molecule has 5 heteroatoms. The minimum atomic E-state index is -2.56. The second-order valence-electron chi connectivity index (χ2n) is 2.30. The van der Waals surface area contributed by atoms with Crippen LogP contribution in [-0.2, 0) is 0 Å². The highest BCUT2D eigenvalue weighted by atomic mass is 19.3. The molecule has 0 spiro atoms. The highest BCUT2D eigenvalue weighted by molar-refractivity contribution is 5.20. The number of rotatable bonds is 3. The van der Waals surface area contributed by atoms with Gasteiger partial charge in [-0.15, -0.1) is 0 Å². The summed E-state index contributed by atoms with van der Waals surface area (Å²) in [5.74, 6) is 0. The van der Waals surface area contributed by atoms with Crippen molar-refractivity contribution in [3.05, 3.63) is 24.5 Å². The standard InChI is InChI=1S/C7H9F2N3/c1-2-12-4-5(3-11-12)6(10)7(8)9/h2-4,6-7H,1,10H2. The first kappa shape index (κ1) is 8.86. The topological polar surface area (TPSA) is 43.8 Å². The van der Waals surface area contributed by atoms with Crippen molar-refractivity contribution in [2.75, 3.05) is 0 Å². The molecular formula is C7H9F2N3. The Kier molecular flexibility index (Phi) is 2.54. The van der Waals surface area contributed by atoms with Crippen LogP contribution in [0.15, 0.2) is 19.0 Å². The lowest BCUT2D eigenvalue weighted by molar-refractivity contribution is 0.116. The molecule has 0 bridgehead atoms. The molecule has 0 aromatic carbocycles. The molecule has 0 saturated heterocycles. The van der Waals surface area contributed by atoms with E-state index in [1.165, 1.54) is 23.3 Å². The van der Waals surface area contributed by atoms with E-state index in [0.29, 0.717) is 5.56 Å². The Morgan fingerprint density at radius 1 is 1.67 bits per heavy atom. The third kappa shape index (κ3) is 1.68. The minimum absolute atomic E-state index is 0.310. The number of alkyl halides is 2. The summed E-state index contributed by atoms with van der Waals surface area (Å²) in [6, 6.07) is -1.27. The summed E-state index contributed by atoms with van der Waals surface area (Å²) in [5.41, 5.74) is 5.48. The van der Waals surface area contributed by atoms with Crippen molar-refractivity contribution in [3.8, 4) is 0 Å². The molecule has 0 aliphatic rings. The van der Waals surface area contributed by atoms with Crippen LogP contribution in [-0.4, -0.2) is 16.2 Å². The van der Waals surface area contributed by atoms with Gasteiger partial charge in [0.1, 0.15) is 0 Å². The molecule has 3 nitrogen and oxygen atoms in total. The van der Waals surface area contributed by atoms with Crippen LogP contribution in [0.1, 0.15) is 11.6 Å². The molecule has 1 atom stereocenters. The lowest BCUT2D eigenvalue weighted by Crippen LogP contribution is -2.18. The van der Waals surface area contributed by atoms with Gasteiger partial charge in [-0.3, -0.25) is 0 Å². The van der Waals surface area contributed by atoms with Gasteiger partial charge >= 0.3 is 0 Å². The fourth-order valence-electron chi connectivity index (χ4n) is 0.770. The molecule has 0 aliphatic heterocycles. The first-order valence-corrected chi connectivity index (χ1v) is 3.35. The van der Waals surface area contributed by atoms with E-state index in [4.69, 9.17) is 5.73 Å². The maximum absolute atomic E-state index is 12.0. The van der Waals surface area contributed by atoms with E-state index in [2.05, 4.69) is 11.7 Å². The third-order valence-corrected chi connectivity index (χ3v) is 1.46. The van der Waals surface area contributed by atoms with Crippen LogP contribution >= 0.6 is 0 Å². The largest absolute Gasteiger partial charge is 0.319 e. The predicted molar refractivity (Wildman–Crippen MR) is 41.5 cm³/mol. The summed E-state index contributed by atoms with van der Waals surface area (Å²) in [7, 11) is 0. The Labute approximate surface area is 68.5 Å². The molecule has 0 radical (unpaired) electrons. The summed E-state index contributed by atoms with van der Waals surface area (Å²) in [6.45, 7) is 3.42. The van der Waals surface area contributed by atoms with Crippen molar-refractivity contribution in [2.45, 2.75) is 12.5 Å². The average Bonchev–Trinajstić information content (AvgIpc) is 2.50. The van der Waals surface area contributed by atoms with Crippen molar-refractivity contribution < 1.29 is 8.78 Å². The van der Waals surface area contributed by atoms with E-state index in [-0.39, 0.29) is 0 Å². The van der Waals surface area contributed by atoms with E-state index in [0.717, 1.165) is 0 Å². The van der Waals surface area contributed by atoms with Crippen molar-refractivity contribution in [1.82, 2.24) is 9.78 Å². The number of aromatic nitrogens is 2. The van der Waals surface area contributed by atoms with Crippen molar-refractivity contribution in [1.29, 1.82) is 0 Å². The fraction of sp³-hybridized carbons (Fsp3) is 0.286. The quantitative estimate of drug-likeness (QED) is 0.747. The second-order valence-corrected chi connectivity index (χ2v) is 2.30. The summed E-state index contributed by atoms with van der Waals surface area (Å²) < 4.78 is 25.4. The molecule has 0 fully saturated rings. The summed E-state index contributed by atoms with van der Waals surface area (Å²) in [4.78, 5) is 0. The second kappa shape index (κ2) is 3.44. The van der Waals surface area contributed by atoms with Gasteiger partial charge in [0.15, 0.2) is 0 Å². The number of hydrogen-bond acceptors (Lipinski definition) is 2. The lowest BCUT2D eigenvalue weighted by atomic mass is 10.2. The number of nitrogens with two attached hydrogens (primary N) is 1. The van der Waals surface area contributed by atoms with Crippen LogP contribution in [0.4, 0.5) is 8.78 Å². The number of halogens is 2. The van der Waals surface area contributed by atoms with Gasteiger partial charge < -0.3 is 5.73 Å². The van der Waals surface area contributed by atoms with Crippen LogP contribution in [0.3, 0.4) is 0 Å². The van der Waals surface area contributed by atoms with Crippen molar-refractivity contribution in [3.63, 3.8) is 0 Å². The van der Waals surface area contributed by atoms with Gasteiger partial charge in [0.25, 0.3) is 6.43 Å². The molecule has 1 rings (SSSR count). The zero-order valence-corrected chi connectivity index (χ0v) is 6.32. The Morgan fingerprint density at radius 2 is 2.33 bits per heavy atom. The Morgan fingerprint density at radius 3 is 2.75 bits per heavy atom. The zero-order chi connectivity index (χ0) is 9.14. The van der Waals surface area contributed by atoms with Gasteiger partial charge in [0.05, 0.1) is 12.2 Å². The SMILES string of the molecule is C=Cn1cc(C(N)C(F)F)cn1. The summed E-state index contributed by atoms with van der Waals surface area (Å²) in [5, 5.41) is 3.72. The molecule has 2 N–H and O–H groups in total. The molecular weight excluding hydrogens is 164 g/mol. The molecule has 1 aromatic rings. The van der Waals surface area contributed by atoms with Gasteiger partial charge in [-0.1, -0.05) is 6.58 Å². The predicted octanol–water partition coefficient (Wildman–Crippen LogP) is 1.25. The summed E-state index contributed by atoms with van der Waals surface area (Å²) >= 11 is 0. The highest BCUT2D eigenvalue weighted by Gasteiger charge is 2.18. The van der Waals surface area contributed by atoms with Crippen molar-refractivity contribution in [2.24, 2.45) is 5.73 Å². The molecule has 1 unspecified atom stereocenters. The van der Waals surface area contributed by atoms with E-state index in [1.54, 1.807) is 0 Å². The van der Waals surface area contributed by atoms with Crippen LogP contribution in [0.2, 0.25) is 0 Å². The Bertz CT molecular complexity index is 269. The highest BCUT2D eigenvalue weighted by Crippen LogP contribution is 2.16. The van der Waals surface area contributed by atoms with Gasteiger partial charge in [-0.25, -0.2) is 13.5 Å². The minimum Gasteiger partial charge on any atom is -0.319 e. The third-order valence-electron chi connectivity index (χ3n) is 1.46. The number of hydrogen-bond donors (Lipinski definition) is 1. The smallest absolute Gasteiger partial charge is 0.257 e. The average molecular weight is 173 g/mol. The van der Waals surface area contributed by atoms with Crippen LogP contribution in [0, 0.1) is 0 Å². The molecule has 12 heavy (non-hydrogen) atoms. The van der Waals surface area contributed by atoms with Crippen LogP contribution < -0.4 is 5.73 Å². The molecule has 0 saturated carbocycles. The maximum atomic E-state index is 12.0. The zero-order valence-electron chi connectivity index (χ0n) is 6.32. The van der Waals surface area contributed by atoms with Crippen molar-refractivity contribution >= 4 is 6.20 Å². The van der Waals surface area contributed by atoms with Gasteiger partial charge in [0, 0.05) is 18.0 Å². The monoisotopic (exact) mass is 173 g/mol.